The predicted octanol–water partition coefficient (Wildman–Crippen LogP) is 5.39. The average Bonchev–Trinajstić information content (AvgIpc) is 2.42. The van der Waals surface area contributed by atoms with E-state index in [1.165, 1.54) is 14.7 Å². The van der Waals surface area contributed by atoms with Crippen molar-refractivity contribution in [1.82, 2.24) is 0 Å². The number of nitrogen functional groups attached to an aromatic ring is 2. The van der Waals surface area contributed by atoms with Crippen molar-refractivity contribution in [1.29, 1.82) is 0 Å². The van der Waals surface area contributed by atoms with Gasteiger partial charge in [-0.1, -0.05) is 45.9 Å². The van der Waals surface area contributed by atoms with Gasteiger partial charge in [-0.15, -0.1) is 0 Å². The summed E-state index contributed by atoms with van der Waals surface area (Å²) in [6.07, 6.45) is 0. The zero-order valence-corrected chi connectivity index (χ0v) is 15.4. The molecule has 114 valence electrons. The van der Waals surface area contributed by atoms with Crippen molar-refractivity contribution in [3.8, 4) is 0 Å². The maximum Gasteiger partial charge on any atom is 0.0349 e. The van der Waals surface area contributed by atoms with Crippen LogP contribution in [0.2, 0.25) is 0 Å². The molecule has 0 saturated heterocycles. The molecule has 0 saturated carbocycles. The number of nitrogens with two attached hydrogens (primary N) is 2. The van der Waals surface area contributed by atoms with Gasteiger partial charge in [0, 0.05) is 14.9 Å². The first-order valence-corrected chi connectivity index (χ1v) is 8.30. The van der Waals surface area contributed by atoms with Crippen molar-refractivity contribution in [2.75, 3.05) is 11.5 Å². The second-order valence-electron chi connectivity index (χ2n) is 5.71. The quantitative estimate of drug-likeness (QED) is 0.528. The van der Waals surface area contributed by atoms with Crippen LogP contribution in [0, 0.1) is 3.57 Å². The minimum atomic E-state index is 0.518. The van der Waals surface area contributed by atoms with Crippen LogP contribution in [-0.4, -0.2) is 0 Å². The number of hydrogen-bond donors (Lipinski definition) is 2. The number of hydrogen-bond acceptors (Lipinski definition) is 2. The Morgan fingerprint density at radius 3 is 1.71 bits per heavy atom. The van der Waals surface area contributed by atoms with Gasteiger partial charge in [0.15, 0.2) is 0 Å². The van der Waals surface area contributed by atoms with Crippen molar-refractivity contribution in [3.63, 3.8) is 0 Å². The lowest BCUT2D eigenvalue weighted by Crippen LogP contribution is -1.96. The van der Waals surface area contributed by atoms with Gasteiger partial charge in [-0.2, -0.15) is 0 Å². The topological polar surface area (TPSA) is 52.0 Å². The molecule has 0 heterocycles. The molecule has 4 N–H and O–H groups in total. The summed E-state index contributed by atoms with van der Waals surface area (Å²) in [4.78, 5) is 0. The fourth-order valence-electron chi connectivity index (χ4n) is 2.08. The molecule has 2 aromatic rings. The highest BCUT2D eigenvalue weighted by Gasteiger charge is 2.03. The van der Waals surface area contributed by atoms with Gasteiger partial charge in [0.1, 0.15) is 0 Å². The molecule has 0 aliphatic rings. The minimum absolute atomic E-state index is 0.518. The second kappa shape index (κ2) is 8.27. The van der Waals surface area contributed by atoms with Crippen molar-refractivity contribution >= 4 is 34.0 Å². The number of benzene rings is 2. The van der Waals surface area contributed by atoms with E-state index >= 15 is 0 Å². The Morgan fingerprint density at radius 2 is 1.29 bits per heavy atom. The van der Waals surface area contributed by atoms with Gasteiger partial charge < -0.3 is 11.5 Å². The van der Waals surface area contributed by atoms with E-state index in [4.69, 9.17) is 11.5 Å². The van der Waals surface area contributed by atoms with Gasteiger partial charge in [-0.3, -0.25) is 0 Å². The molecule has 21 heavy (non-hydrogen) atoms. The Bertz CT molecular complexity index is 577. The van der Waals surface area contributed by atoms with E-state index in [-0.39, 0.29) is 0 Å². The third kappa shape index (κ3) is 5.58. The van der Waals surface area contributed by atoms with Crippen LogP contribution in [0.5, 0.6) is 0 Å². The van der Waals surface area contributed by atoms with Gasteiger partial charge in [0.2, 0.25) is 0 Å². The zero-order valence-electron chi connectivity index (χ0n) is 13.2. The van der Waals surface area contributed by atoms with Crippen molar-refractivity contribution in [3.05, 3.63) is 57.2 Å². The Kier molecular flexibility index (Phi) is 7.02. The standard InChI is InChI=1S/C9H12IN.C9H13N/c1-6(2)8-5-7(10)3-4-9(8)11;1-7(2)8-5-3-4-6-9(8)10/h3-6H,11H2,1-2H3;3-7H,10H2,1-2H3. The number of rotatable bonds is 2. The Labute approximate surface area is 142 Å². The molecule has 3 heteroatoms. The van der Waals surface area contributed by atoms with E-state index in [0.29, 0.717) is 11.8 Å². The van der Waals surface area contributed by atoms with Gasteiger partial charge in [-0.05, 0) is 69.8 Å². The molecule has 0 unspecified atom stereocenters. The summed E-state index contributed by atoms with van der Waals surface area (Å²) in [6.45, 7) is 8.60. The highest BCUT2D eigenvalue weighted by molar-refractivity contribution is 14.1. The van der Waals surface area contributed by atoms with Gasteiger partial charge in [-0.25, -0.2) is 0 Å². The SMILES string of the molecule is CC(C)c1cc(I)ccc1N.CC(C)c1ccccc1N. The lowest BCUT2D eigenvalue weighted by Gasteiger charge is -2.08. The maximum atomic E-state index is 5.79. The summed E-state index contributed by atoms with van der Waals surface area (Å²) >= 11 is 2.30. The molecule has 0 atom stereocenters. The van der Waals surface area contributed by atoms with Crippen LogP contribution in [0.3, 0.4) is 0 Å². The van der Waals surface area contributed by atoms with Crippen LogP contribution in [0.4, 0.5) is 11.4 Å². The van der Waals surface area contributed by atoms with Crippen LogP contribution >= 0.6 is 22.6 Å². The molecule has 2 aromatic carbocycles. The summed E-state index contributed by atoms with van der Waals surface area (Å²) in [7, 11) is 0. The summed E-state index contributed by atoms with van der Waals surface area (Å²) < 4.78 is 1.25. The first-order chi connectivity index (χ1) is 9.82. The van der Waals surface area contributed by atoms with E-state index < -0.39 is 0 Å². The molecule has 0 bridgehead atoms. The molecule has 0 radical (unpaired) electrons. The number of halogens is 1. The monoisotopic (exact) mass is 396 g/mol. The lowest BCUT2D eigenvalue weighted by atomic mass is 10.0. The van der Waals surface area contributed by atoms with Gasteiger partial charge in [0.05, 0.1) is 0 Å². The fourth-order valence-corrected chi connectivity index (χ4v) is 2.60. The fraction of sp³-hybridized carbons (Fsp3) is 0.333. The molecule has 0 aliphatic carbocycles. The molecule has 0 fully saturated rings. The van der Waals surface area contributed by atoms with Crippen LogP contribution in [0.15, 0.2) is 42.5 Å². The highest BCUT2D eigenvalue weighted by Crippen LogP contribution is 2.23. The van der Waals surface area contributed by atoms with Crippen LogP contribution in [0.25, 0.3) is 0 Å². The summed E-state index contributed by atoms with van der Waals surface area (Å²) in [6, 6.07) is 14.1. The first kappa shape index (κ1) is 17.8. The third-order valence-corrected chi connectivity index (χ3v) is 3.96. The van der Waals surface area contributed by atoms with E-state index in [9.17, 15) is 0 Å². The average molecular weight is 396 g/mol. The first-order valence-electron chi connectivity index (χ1n) is 7.22. The van der Waals surface area contributed by atoms with Crippen LogP contribution < -0.4 is 11.5 Å². The van der Waals surface area contributed by atoms with Crippen molar-refractivity contribution in [2.45, 2.75) is 39.5 Å². The molecular weight excluding hydrogens is 371 g/mol. The molecule has 0 amide bonds. The zero-order chi connectivity index (χ0) is 16.0. The Morgan fingerprint density at radius 1 is 0.762 bits per heavy atom. The Balaban J connectivity index is 0.000000211. The number of anilines is 2. The molecule has 2 nitrogen and oxygen atoms in total. The molecular formula is C18H25IN2. The number of para-hydroxylation sites is 1. The second-order valence-corrected chi connectivity index (χ2v) is 6.96. The van der Waals surface area contributed by atoms with Gasteiger partial charge >= 0.3 is 0 Å². The van der Waals surface area contributed by atoms with Crippen molar-refractivity contribution in [2.24, 2.45) is 0 Å². The highest BCUT2D eigenvalue weighted by atomic mass is 127. The molecule has 2 rings (SSSR count). The molecule has 0 aromatic heterocycles. The summed E-state index contributed by atoms with van der Waals surface area (Å²) in [5, 5.41) is 0. The largest absolute Gasteiger partial charge is 0.398 e. The van der Waals surface area contributed by atoms with E-state index in [1.807, 2.05) is 30.3 Å². The van der Waals surface area contributed by atoms with Gasteiger partial charge in [0.25, 0.3) is 0 Å². The molecule has 0 spiro atoms. The third-order valence-electron chi connectivity index (χ3n) is 3.29. The molecule has 0 aliphatic heterocycles. The normalized spacial score (nSPS) is 10.4. The van der Waals surface area contributed by atoms with Crippen LogP contribution in [0.1, 0.15) is 50.7 Å². The minimum Gasteiger partial charge on any atom is -0.398 e. The van der Waals surface area contributed by atoms with E-state index in [0.717, 1.165) is 11.4 Å². The van der Waals surface area contributed by atoms with E-state index in [2.05, 4.69) is 62.4 Å². The smallest absolute Gasteiger partial charge is 0.0349 e. The Hall–Kier alpha value is -1.23. The summed E-state index contributed by atoms with van der Waals surface area (Å²) in [5.74, 6) is 1.05. The maximum absolute atomic E-state index is 5.79. The predicted molar refractivity (Wildman–Crippen MR) is 103 cm³/mol. The van der Waals surface area contributed by atoms with E-state index in [1.54, 1.807) is 0 Å². The van der Waals surface area contributed by atoms with Crippen LogP contribution in [-0.2, 0) is 0 Å². The van der Waals surface area contributed by atoms with Crippen molar-refractivity contribution < 1.29 is 0 Å². The lowest BCUT2D eigenvalue weighted by molar-refractivity contribution is 0.869. The summed E-state index contributed by atoms with van der Waals surface area (Å²) in [5.41, 5.74) is 15.8.